The van der Waals surface area contributed by atoms with Gasteiger partial charge in [-0.15, -0.1) is 0 Å². The average molecular weight is 894 g/mol. The topological polar surface area (TPSA) is 30.7 Å². The molecule has 0 saturated heterocycles. The van der Waals surface area contributed by atoms with Gasteiger partial charge in [-0.1, -0.05) is 135 Å². The summed E-state index contributed by atoms with van der Waals surface area (Å²) in [7, 11) is 0. The first kappa shape index (κ1) is 41.3. The number of hydrogen-bond acceptors (Lipinski definition) is 2. The number of hydrogen-bond donors (Lipinski definition) is 0. The second kappa shape index (κ2) is 16.7. The lowest BCUT2D eigenvalue weighted by Gasteiger charge is -2.21. The smallest absolute Gasteiger partial charge is 0.0544 e. The second-order valence-electron chi connectivity index (χ2n) is 19.1. The van der Waals surface area contributed by atoms with Crippen molar-refractivity contribution >= 4 is 21.8 Å². The molecule has 3 heterocycles. The first-order valence-corrected chi connectivity index (χ1v) is 24.1. The molecule has 0 aliphatic heterocycles. The predicted octanol–water partition coefficient (Wildman–Crippen LogP) is 17.5. The molecule has 0 atom stereocenters. The Labute approximate surface area is 408 Å². The highest BCUT2D eigenvalue weighted by atomic mass is 15.0. The van der Waals surface area contributed by atoms with E-state index >= 15 is 0 Å². The lowest BCUT2D eigenvalue weighted by atomic mass is 9.82. The van der Waals surface area contributed by atoms with E-state index in [-0.39, 0.29) is 5.41 Å². The van der Waals surface area contributed by atoms with Gasteiger partial charge in [0.15, 0.2) is 0 Å². The van der Waals surface area contributed by atoms with Crippen LogP contribution in [0.4, 0.5) is 0 Å². The highest BCUT2D eigenvalue weighted by molar-refractivity contribution is 6.13. The van der Waals surface area contributed by atoms with Crippen LogP contribution < -0.4 is 0 Å². The molecule has 1 aliphatic carbocycles. The van der Waals surface area contributed by atoms with Crippen molar-refractivity contribution < 1.29 is 0 Å². The van der Waals surface area contributed by atoms with E-state index in [4.69, 9.17) is 0 Å². The van der Waals surface area contributed by atoms with E-state index in [1.807, 2.05) is 24.8 Å². The zero-order valence-corrected chi connectivity index (χ0v) is 39.0. The summed E-state index contributed by atoms with van der Waals surface area (Å²) in [6, 6.07) is 82.8. The van der Waals surface area contributed by atoms with Crippen LogP contribution in [-0.2, 0) is 5.41 Å². The van der Waals surface area contributed by atoms with E-state index < -0.39 is 0 Å². The lowest BCUT2D eigenvalue weighted by Crippen LogP contribution is -2.14. The van der Waals surface area contributed by atoms with Crippen LogP contribution in [0, 0.1) is 0 Å². The number of aromatic nitrogens is 3. The van der Waals surface area contributed by atoms with Crippen molar-refractivity contribution in [2.45, 2.75) is 19.3 Å². The van der Waals surface area contributed by atoms with Gasteiger partial charge in [0.1, 0.15) is 0 Å². The molecule has 0 bridgehead atoms. The molecule has 0 saturated carbocycles. The van der Waals surface area contributed by atoms with E-state index in [1.54, 1.807) is 0 Å². The van der Waals surface area contributed by atoms with E-state index in [1.165, 1.54) is 83.0 Å². The molecule has 1 aliphatic rings. The Morgan fingerprint density at radius 3 is 1.21 bits per heavy atom. The Morgan fingerprint density at radius 2 is 0.700 bits per heavy atom. The molecule has 0 fully saturated rings. The van der Waals surface area contributed by atoms with Gasteiger partial charge in [-0.3, -0.25) is 9.97 Å². The minimum Gasteiger partial charge on any atom is -0.309 e. The van der Waals surface area contributed by atoms with Gasteiger partial charge in [0, 0.05) is 46.7 Å². The molecule has 0 radical (unpaired) electrons. The van der Waals surface area contributed by atoms with E-state index in [2.05, 4.69) is 253 Å². The zero-order valence-electron chi connectivity index (χ0n) is 39.0. The first-order chi connectivity index (χ1) is 34.4. The number of fused-ring (bicyclic) bond motifs is 6. The Kier molecular flexibility index (Phi) is 9.85. The molecular weight excluding hydrogens is 847 g/mol. The summed E-state index contributed by atoms with van der Waals surface area (Å²) in [6.07, 6.45) is 7.42. The molecule has 330 valence electrons. The van der Waals surface area contributed by atoms with Crippen LogP contribution in [0.3, 0.4) is 0 Å². The molecule has 0 N–H and O–H groups in total. The summed E-state index contributed by atoms with van der Waals surface area (Å²) in [4.78, 5) is 8.51. The minimum atomic E-state index is -0.112. The fourth-order valence-corrected chi connectivity index (χ4v) is 11.0. The fraction of sp³-hybridized carbons (Fsp3) is 0.0448. The van der Waals surface area contributed by atoms with Crippen LogP contribution in [0.2, 0.25) is 0 Å². The van der Waals surface area contributed by atoms with Crippen molar-refractivity contribution in [3.05, 3.63) is 260 Å². The molecule has 3 nitrogen and oxygen atoms in total. The predicted molar refractivity (Wildman–Crippen MR) is 292 cm³/mol. The molecular formula is C67H47N3. The summed E-state index contributed by atoms with van der Waals surface area (Å²) < 4.78 is 2.46. The highest BCUT2D eigenvalue weighted by Gasteiger charge is 2.36. The second-order valence-corrected chi connectivity index (χ2v) is 19.1. The van der Waals surface area contributed by atoms with Crippen molar-refractivity contribution in [2.75, 3.05) is 0 Å². The highest BCUT2D eigenvalue weighted by Crippen LogP contribution is 2.51. The van der Waals surface area contributed by atoms with Crippen molar-refractivity contribution in [1.29, 1.82) is 0 Å². The van der Waals surface area contributed by atoms with Gasteiger partial charge in [-0.05, 0) is 203 Å². The SMILES string of the molecule is CC1(C)c2ccccc2-c2cc3c4cc(-c5cc(-c6cccc(-c7cccc(-c8ccncc8)c7)c6)cc(-c6cccc(-c7cccc(-c8ccncc8)c7)c6)c5)ccc4n(-c4ccccc4)c3cc21. The normalized spacial score (nSPS) is 12.5. The van der Waals surface area contributed by atoms with Crippen LogP contribution in [0.5, 0.6) is 0 Å². The van der Waals surface area contributed by atoms with Crippen LogP contribution >= 0.6 is 0 Å². The average Bonchev–Trinajstić information content (AvgIpc) is 3.87. The number of nitrogens with zero attached hydrogens (tertiary/aromatic N) is 3. The van der Waals surface area contributed by atoms with Gasteiger partial charge < -0.3 is 4.57 Å². The summed E-state index contributed by atoms with van der Waals surface area (Å²) in [5.41, 5.74) is 25.2. The number of rotatable bonds is 8. The van der Waals surface area contributed by atoms with Crippen LogP contribution in [0.1, 0.15) is 25.0 Å². The van der Waals surface area contributed by atoms with Gasteiger partial charge in [-0.25, -0.2) is 0 Å². The van der Waals surface area contributed by atoms with Crippen molar-refractivity contribution in [1.82, 2.24) is 14.5 Å². The molecule has 9 aromatic carbocycles. The summed E-state index contributed by atoms with van der Waals surface area (Å²) in [6.45, 7) is 4.74. The Bertz CT molecular complexity index is 3810. The van der Waals surface area contributed by atoms with Crippen LogP contribution in [0.25, 0.3) is 117 Å². The molecule has 0 unspecified atom stereocenters. The fourth-order valence-electron chi connectivity index (χ4n) is 11.0. The Morgan fingerprint density at radius 1 is 0.286 bits per heavy atom. The maximum absolute atomic E-state index is 4.25. The maximum Gasteiger partial charge on any atom is 0.0544 e. The van der Waals surface area contributed by atoms with Gasteiger partial charge in [0.2, 0.25) is 0 Å². The summed E-state index contributed by atoms with van der Waals surface area (Å²) >= 11 is 0. The first-order valence-electron chi connectivity index (χ1n) is 24.1. The molecule has 13 rings (SSSR count). The maximum atomic E-state index is 4.25. The van der Waals surface area contributed by atoms with E-state index in [9.17, 15) is 0 Å². The van der Waals surface area contributed by atoms with Gasteiger partial charge in [0.05, 0.1) is 11.0 Å². The lowest BCUT2D eigenvalue weighted by molar-refractivity contribution is 0.661. The monoisotopic (exact) mass is 893 g/mol. The van der Waals surface area contributed by atoms with Gasteiger partial charge >= 0.3 is 0 Å². The van der Waals surface area contributed by atoms with E-state index in [0.717, 1.165) is 44.6 Å². The largest absolute Gasteiger partial charge is 0.309 e. The Hall–Kier alpha value is -8.92. The zero-order chi connectivity index (χ0) is 46.8. The van der Waals surface area contributed by atoms with Crippen molar-refractivity contribution in [2.24, 2.45) is 0 Å². The molecule has 70 heavy (non-hydrogen) atoms. The molecule has 0 amide bonds. The number of benzene rings is 9. The molecule has 0 spiro atoms. The number of pyridine rings is 2. The van der Waals surface area contributed by atoms with Crippen LogP contribution in [0.15, 0.2) is 249 Å². The van der Waals surface area contributed by atoms with Gasteiger partial charge in [0.25, 0.3) is 0 Å². The van der Waals surface area contributed by atoms with E-state index in [0.29, 0.717) is 0 Å². The standard InChI is InChI=1S/C67H47N3/c1-67(2)63-23-7-6-22-59(63)60-42-62-61-41-54(24-25-65(61)70(66(62)43-64(60)67)58-20-4-3-5-21-58)57-39-55(52-18-10-16-50(36-52)48-14-8-12-46(34-48)44-26-30-68-31-27-44)38-56(40-57)53-19-11-17-51(37-53)49-15-9-13-47(35-49)45-28-32-69-33-29-45/h3-43H,1-2H3. The molecule has 12 aromatic rings. The molecule has 3 aromatic heterocycles. The van der Waals surface area contributed by atoms with Crippen molar-refractivity contribution in [3.8, 4) is 94.7 Å². The summed E-state index contributed by atoms with van der Waals surface area (Å²) in [5.74, 6) is 0. The van der Waals surface area contributed by atoms with Crippen molar-refractivity contribution in [3.63, 3.8) is 0 Å². The van der Waals surface area contributed by atoms with Crippen LogP contribution in [-0.4, -0.2) is 14.5 Å². The van der Waals surface area contributed by atoms with Gasteiger partial charge in [-0.2, -0.15) is 0 Å². The Balaban J connectivity index is 0.990. The molecule has 3 heteroatoms. The minimum absolute atomic E-state index is 0.112. The third-order valence-corrected chi connectivity index (χ3v) is 14.6. The summed E-state index contributed by atoms with van der Waals surface area (Å²) in [5, 5.41) is 2.49. The number of para-hydroxylation sites is 1. The third-order valence-electron chi connectivity index (χ3n) is 14.6. The quantitative estimate of drug-likeness (QED) is 0.152. The third kappa shape index (κ3) is 7.14.